The van der Waals surface area contributed by atoms with Crippen LogP contribution in [-0.4, -0.2) is 135 Å². The average molecular weight is 1820 g/mol. The van der Waals surface area contributed by atoms with Crippen LogP contribution in [0.15, 0.2) is 195 Å². The lowest BCUT2D eigenvalue weighted by Gasteiger charge is -2.18. The smallest absolute Gasteiger partial charge is 0.270 e. The fourth-order valence-corrected chi connectivity index (χ4v) is 13.7. The molecule has 6 heterocycles. The summed E-state index contributed by atoms with van der Waals surface area (Å²) in [4.78, 5) is 200. The van der Waals surface area contributed by atoms with Crippen molar-refractivity contribution in [2.24, 2.45) is 0 Å². The maximum atomic E-state index is 13.4. The first-order valence-corrected chi connectivity index (χ1v) is 41.3. The van der Waals surface area contributed by atoms with Crippen LogP contribution in [0.25, 0.3) is 0 Å². The summed E-state index contributed by atoms with van der Waals surface area (Å²) in [5.41, 5.74) is 13.2. The van der Waals surface area contributed by atoms with E-state index >= 15 is 0 Å². The monoisotopic (exact) mass is 1820 g/mol. The van der Waals surface area contributed by atoms with Crippen molar-refractivity contribution in [2.45, 2.75) is 114 Å². The Morgan fingerprint density at radius 3 is 0.821 bits per heavy atom. The Morgan fingerprint density at radius 1 is 0.299 bits per heavy atom. The minimum absolute atomic E-state index is 0.000427. The second-order valence-electron chi connectivity index (χ2n) is 30.8. The first-order chi connectivity index (χ1) is 64.0. The molecular weight excluding hydrogens is 1730 g/mol. The lowest BCUT2D eigenvalue weighted by Crippen LogP contribution is -2.26. The van der Waals surface area contributed by atoms with E-state index in [9.17, 15) is 80.3 Å². The summed E-state index contributed by atoms with van der Waals surface area (Å²) >= 11 is 0. The molecule has 0 aliphatic carbocycles. The first-order valence-electron chi connectivity index (χ1n) is 41.3. The molecule has 0 unspecified atom stereocenters. The van der Waals surface area contributed by atoms with E-state index in [0.717, 1.165) is 79.7 Å². The van der Waals surface area contributed by atoms with E-state index in [2.05, 4.69) is 93.0 Å². The second kappa shape index (κ2) is 45.7. The molecule has 8 aromatic carbocycles. The highest BCUT2D eigenvalue weighted by Gasteiger charge is 2.23. The highest BCUT2D eigenvalue weighted by atomic mass is 19.2. The van der Waals surface area contributed by atoms with Gasteiger partial charge >= 0.3 is 0 Å². The molecule has 4 aromatic heterocycles. The molecule has 2 aliphatic heterocycles. The van der Waals surface area contributed by atoms with Gasteiger partial charge in [-0.15, -0.1) is 0 Å². The van der Waals surface area contributed by atoms with Crippen molar-refractivity contribution < 1.29 is 89.8 Å². The molecule has 0 radical (unpaired) electrons. The third-order valence-corrected chi connectivity index (χ3v) is 20.2. The van der Waals surface area contributed by atoms with Gasteiger partial charge in [0.25, 0.3) is 35.4 Å². The number of aromatic nitrogens is 8. The summed E-state index contributed by atoms with van der Waals surface area (Å²) in [5, 5.41) is 26.8. The Kier molecular flexibility index (Phi) is 33.2. The van der Waals surface area contributed by atoms with Gasteiger partial charge in [-0.05, 0) is 177 Å². The lowest BCUT2D eigenvalue weighted by atomic mass is 10.0. The maximum Gasteiger partial charge on any atom is 0.270 e. The zero-order valence-corrected chi connectivity index (χ0v) is 73.8. The molecule has 0 saturated carbocycles. The molecule has 14 rings (SSSR count). The molecule has 34 nitrogen and oxygen atoms in total. The summed E-state index contributed by atoms with van der Waals surface area (Å²) in [6, 6.07) is 44.7. The number of Topliss-reactive ketones (excluding diaryl/α,β-unsaturated/α-hetero) is 4. The Bertz CT molecular complexity index is 6240. The normalized spacial score (nSPS) is 11.3. The summed E-state index contributed by atoms with van der Waals surface area (Å²) < 4.78 is 50.3. The molecule has 0 saturated heterocycles. The van der Waals surface area contributed by atoms with Crippen LogP contribution in [0.3, 0.4) is 0 Å². The summed E-state index contributed by atoms with van der Waals surface area (Å²) in [5.74, 6) is -4.23. The molecule has 12 aromatic rings. The van der Waals surface area contributed by atoms with E-state index in [1.54, 1.807) is 135 Å². The Morgan fingerprint density at radius 2 is 0.552 bits per heavy atom. The van der Waals surface area contributed by atoms with E-state index in [4.69, 9.17) is 9.47 Å². The summed E-state index contributed by atoms with van der Waals surface area (Å²) in [6.45, 7) is 15.4. The number of carbonyl (C=O) groups is 14. The lowest BCUT2D eigenvalue weighted by molar-refractivity contribution is -0.119. The van der Waals surface area contributed by atoms with Crippen LogP contribution in [0.4, 0.5) is 47.8 Å². The number of ether oxygens (including phenoxy) is 2. The topological polar surface area (TPSA) is 481 Å². The van der Waals surface area contributed by atoms with Gasteiger partial charge in [0.05, 0.1) is 37.1 Å². The van der Waals surface area contributed by atoms with Crippen molar-refractivity contribution >= 4 is 117 Å². The van der Waals surface area contributed by atoms with Crippen molar-refractivity contribution in [3.63, 3.8) is 0 Å². The van der Waals surface area contributed by atoms with Crippen molar-refractivity contribution in [2.75, 3.05) is 45.1 Å². The van der Waals surface area contributed by atoms with Gasteiger partial charge < -0.3 is 62.6 Å². The van der Waals surface area contributed by atoms with Crippen LogP contribution in [0.2, 0.25) is 0 Å². The Labute approximate surface area is 764 Å². The maximum absolute atomic E-state index is 13.4. The number of ketones is 4. The van der Waals surface area contributed by atoms with Gasteiger partial charge in [-0.1, -0.05) is 103 Å². The number of nitrogens with one attached hydrogen (secondary N) is 10. The molecule has 10 amide bonds. The minimum atomic E-state index is -1.00. The van der Waals surface area contributed by atoms with Gasteiger partial charge in [0, 0.05) is 72.7 Å². The van der Waals surface area contributed by atoms with Gasteiger partial charge in [0.2, 0.25) is 23.6 Å². The van der Waals surface area contributed by atoms with Crippen LogP contribution in [0.5, 0.6) is 11.5 Å². The number of anilines is 6. The fourth-order valence-electron chi connectivity index (χ4n) is 13.7. The third kappa shape index (κ3) is 28.4. The van der Waals surface area contributed by atoms with E-state index in [-0.39, 0.29) is 176 Å². The quantitative estimate of drug-likeness (QED) is 0.0204. The first kappa shape index (κ1) is 97.5. The number of rotatable bonds is 28. The number of halogens is 3. The molecule has 37 heteroatoms. The Hall–Kier alpha value is -17.2. The summed E-state index contributed by atoms with van der Waals surface area (Å²) in [7, 11) is 0. The Balaban J connectivity index is 0.000000172. The number of carbonyl (C=O) groups excluding carboxylic acids is 14. The number of hydrogen-bond donors (Lipinski definition) is 10. The van der Waals surface area contributed by atoms with Gasteiger partial charge in [-0.2, -0.15) is 0 Å². The highest BCUT2D eigenvalue weighted by Crippen LogP contribution is 2.31. The average Bonchev–Trinajstić information content (AvgIpc) is 0.827. The zero-order valence-electron chi connectivity index (χ0n) is 73.8. The standard InChI is InChI=1S/2C25H23N5O5.C24H23FN4O3.C23H20F2N4O3/c2*1-14-7-16(3-5-18(14)15(2)31)9-23(32)30-22-10-20(27-13-28-22)25(34)26-11-17-4-6-21-19(8-17)29-24(33)12-35-21;1-14-8-17(4-6-19(14)16(3)30)10-23(31)29-22-11-21(27-13-28-22)24(32)26-12-18-5-7-20(25)15(2)9-18;1-13-7-15(3-5-17(13)14(2)30)9-22(31)29-21-10-20(27-12-28-21)23(32)26-11-16-4-6-18(24)19(25)8-16/h2*3-8,10,13H,9,11-12H2,1-2H3,(H,26,34)(H,29,33)(H,27,28,30,32);4-9,11,13H,10,12H2,1-3H3,(H,26,32)(H,27,28,29,31);3-8,10,12H,9,11H2,1-2H3,(H,26,32)(H,27,28,29,31). The third-order valence-electron chi connectivity index (χ3n) is 20.2. The predicted molar refractivity (Wildman–Crippen MR) is 486 cm³/mol. The number of nitrogens with zero attached hydrogens (tertiary/aromatic N) is 8. The second-order valence-corrected chi connectivity index (χ2v) is 30.8. The van der Waals surface area contributed by atoms with Crippen molar-refractivity contribution in [3.8, 4) is 11.5 Å². The van der Waals surface area contributed by atoms with Crippen LogP contribution in [0.1, 0.15) is 183 Å². The largest absolute Gasteiger partial charge is 0.482 e. The molecule has 134 heavy (non-hydrogen) atoms. The van der Waals surface area contributed by atoms with Crippen molar-refractivity contribution in [3.05, 3.63) is 330 Å². The van der Waals surface area contributed by atoms with Gasteiger partial charge in [0.1, 0.15) is 88.7 Å². The van der Waals surface area contributed by atoms with Crippen LogP contribution >= 0.6 is 0 Å². The van der Waals surface area contributed by atoms with E-state index in [1.165, 1.54) is 83.1 Å². The van der Waals surface area contributed by atoms with E-state index in [1.807, 2.05) is 20.8 Å². The van der Waals surface area contributed by atoms with Gasteiger partial charge in [-0.3, -0.25) is 67.1 Å². The molecule has 0 fully saturated rings. The van der Waals surface area contributed by atoms with E-state index in [0.29, 0.717) is 56.3 Å². The van der Waals surface area contributed by atoms with Crippen LogP contribution in [0, 0.1) is 52.1 Å². The fraction of sp³-hybridized carbons (Fsp3) is 0.196. The molecular formula is C97H89F3N18O16. The molecule has 10 N–H and O–H groups in total. The molecule has 684 valence electrons. The zero-order chi connectivity index (χ0) is 96.4. The molecule has 0 atom stereocenters. The van der Waals surface area contributed by atoms with Gasteiger partial charge in [0.15, 0.2) is 48.0 Å². The number of fused-ring (bicyclic) bond motifs is 2. The summed E-state index contributed by atoms with van der Waals surface area (Å²) in [6.07, 6.45) is 5.04. The SMILES string of the molecule is CC(=O)c1ccc(CC(=O)Nc2cc(C(=O)NCc3ccc(F)c(C)c3)ncn2)cc1C.CC(=O)c1ccc(CC(=O)Nc2cc(C(=O)NCc3ccc(F)c(F)c3)ncn2)cc1C.CC(=O)c1ccc(CC(=O)Nc2cc(C(=O)NCc3ccc4c(c3)NC(=O)CO4)ncn2)cc1C.CC(=O)c1ccc(CC(=O)Nc2cc(C(=O)NCc3ccc4c(c3)NC(=O)CO4)ncn2)cc1C. The predicted octanol–water partition coefficient (Wildman–Crippen LogP) is 11.8. The number of hydrogen-bond acceptors (Lipinski definition) is 24. The molecule has 0 spiro atoms. The van der Waals surface area contributed by atoms with Crippen molar-refractivity contribution in [1.82, 2.24) is 61.1 Å². The number of benzene rings is 8. The van der Waals surface area contributed by atoms with Gasteiger partial charge in [-0.25, -0.2) is 53.0 Å². The van der Waals surface area contributed by atoms with Crippen LogP contribution in [-0.2, 0) is 80.6 Å². The highest BCUT2D eigenvalue weighted by molar-refractivity contribution is 6.02. The minimum Gasteiger partial charge on any atom is -0.482 e. The number of amides is 10. The van der Waals surface area contributed by atoms with E-state index < -0.39 is 35.3 Å². The van der Waals surface area contributed by atoms with Crippen LogP contribution < -0.4 is 62.6 Å². The van der Waals surface area contributed by atoms with Crippen molar-refractivity contribution in [1.29, 1.82) is 0 Å². The molecule has 2 aliphatic rings. The number of aryl methyl sites for hydroxylation is 5. The molecule has 0 bridgehead atoms.